The summed E-state index contributed by atoms with van der Waals surface area (Å²) >= 11 is 2.00. The molecule has 0 bridgehead atoms. The predicted molar refractivity (Wildman–Crippen MR) is 72.2 cm³/mol. The van der Waals surface area contributed by atoms with E-state index in [-0.39, 0.29) is 0 Å². The standard InChI is InChI=1S/C14H21NS/c1-10-4-5-11(2)14(8-10)16-9-13(15-3)12-6-7-12/h4-5,8,12-13,15H,6-7,9H2,1-3H3. The SMILES string of the molecule is CNC(CSc1cc(C)ccc1C)C1CC1. The van der Waals surface area contributed by atoms with Crippen LogP contribution in [0.15, 0.2) is 23.1 Å². The molecule has 0 saturated heterocycles. The molecular weight excluding hydrogens is 214 g/mol. The number of aryl methyl sites for hydroxylation is 2. The molecule has 0 spiro atoms. The molecule has 1 aromatic rings. The van der Waals surface area contributed by atoms with E-state index in [1.54, 1.807) is 0 Å². The topological polar surface area (TPSA) is 12.0 Å². The molecule has 0 amide bonds. The van der Waals surface area contributed by atoms with Crippen LogP contribution in [0.2, 0.25) is 0 Å². The molecule has 88 valence electrons. The van der Waals surface area contributed by atoms with Gasteiger partial charge in [-0.15, -0.1) is 11.8 Å². The van der Waals surface area contributed by atoms with Gasteiger partial charge in [-0.1, -0.05) is 17.7 Å². The number of hydrogen-bond acceptors (Lipinski definition) is 2. The summed E-state index contributed by atoms with van der Waals surface area (Å²) in [4.78, 5) is 1.45. The molecule has 1 unspecified atom stereocenters. The molecule has 0 radical (unpaired) electrons. The molecule has 1 saturated carbocycles. The lowest BCUT2D eigenvalue weighted by molar-refractivity contribution is 0.554. The smallest absolute Gasteiger partial charge is 0.0186 e. The fourth-order valence-corrected chi connectivity index (χ4v) is 3.36. The minimum absolute atomic E-state index is 0.699. The second-order valence-corrected chi connectivity index (χ2v) is 5.87. The van der Waals surface area contributed by atoms with E-state index >= 15 is 0 Å². The summed E-state index contributed by atoms with van der Waals surface area (Å²) in [5.74, 6) is 2.13. The van der Waals surface area contributed by atoms with Gasteiger partial charge in [0.2, 0.25) is 0 Å². The van der Waals surface area contributed by atoms with Crippen LogP contribution in [0.4, 0.5) is 0 Å². The van der Waals surface area contributed by atoms with Crippen LogP contribution in [0.1, 0.15) is 24.0 Å². The summed E-state index contributed by atoms with van der Waals surface area (Å²) in [6.45, 7) is 4.37. The largest absolute Gasteiger partial charge is 0.316 e. The zero-order valence-electron chi connectivity index (χ0n) is 10.4. The van der Waals surface area contributed by atoms with E-state index in [1.807, 2.05) is 11.8 Å². The van der Waals surface area contributed by atoms with Crippen LogP contribution >= 0.6 is 11.8 Å². The number of benzene rings is 1. The quantitative estimate of drug-likeness (QED) is 0.785. The molecule has 1 fully saturated rings. The molecule has 1 aliphatic carbocycles. The van der Waals surface area contributed by atoms with Gasteiger partial charge < -0.3 is 5.32 Å². The van der Waals surface area contributed by atoms with Gasteiger partial charge in [-0.3, -0.25) is 0 Å². The van der Waals surface area contributed by atoms with E-state index in [2.05, 4.69) is 44.4 Å². The van der Waals surface area contributed by atoms with E-state index in [1.165, 1.54) is 34.6 Å². The lowest BCUT2D eigenvalue weighted by atomic mass is 10.2. The maximum absolute atomic E-state index is 3.45. The highest BCUT2D eigenvalue weighted by Crippen LogP contribution is 2.35. The Balaban J connectivity index is 1.95. The van der Waals surface area contributed by atoms with E-state index < -0.39 is 0 Å². The van der Waals surface area contributed by atoms with Gasteiger partial charge in [-0.2, -0.15) is 0 Å². The van der Waals surface area contributed by atoms with Crippen LogP contribution in [0, 0.1) is 19.8 Å². The van der Waals surface area contributed by atoms with Gasteiger partial charge in [0.25, 0.3) is 0 Å². The molecule has 0 aromatic heterocycles. The molecule has 1 atom stereocenters. The van der Waals surface area contributed by atoms with Crippen molar-refractivity contribution in [2.75, 3.05) is 12.8 Å². The average Bonchev–Trinajstić information content (AvgIpc) is 3.08. The number of hydrogen-bond donors (Lipinski definition) is 1. The first-order valence-electron chi connectivity index (χ1n) is 6.08. The van der Waals surface area contributed by atoms with Crippen LogP contribution in [0.3, 0.4) is 0 Å². The predicted octanol–water partition coefficient (Wildman–Crippen LogP) is 3.39. The average molecular weight is 235 g/mol. The van der Waals surface area contributed by atoms with Crippen molar-refractivity contribution in [1.82, 2.24) is 5.32 Å². The Morgan fingerprint density at radius 1 is 1.38 bits per heavy atom. The van der Waals surface area contributed by atoms with Crippen molar-refractivity contribution in [3.8, 4) is 0 Å². The highest BCUT2D eigenvalue weighted by Gasteiger charge is 2.29. The van der Waals surface area contributed by atoms with Gasteiger partial charge in [0.05, 0.1) is 0 Å². The minimum Gasteiger partial charge on any atom is -0.316 e. The van der Waals surface area contributed by atoms with Crippen molar-refractivity contribution in [3.63, 3.8) is 0 Å². The molecule has 2 heteroatoms. The number of thioether (sulfide) groups is 1. The van der Waals surface area contributed by atoms with Gasteiger partial charge in [-0.05, 0) is 51.3 Å². The summed E-state index contributed by atoms with van der Waals surface area (Å²) < 4.78 is 0. The van der Waals surface area contributed by atoms with Crippen LogP contribution in [-0.2, 0) is 0 Å². The van der Waals surface area contributed by atoms with E-state index in [9.17, 15) is 0 Å². The van der Waals surface area contributed by atoms with Gasteiger partial charge in [0, 0.05) is 16.7 Å². The third kappa shape index (κ3) is 3.02. The summed E-state index contributed by atoms with van der Waals surface area (Å²) in [6.07, 6.45) is 2.83. The van der Waals surface area contributed by atoms with Gasteiger partial charge in [0.15, 0.2) is 0 Å². The van der Waals surface area contributed by atoms with Crippen LogP contribution in [-0.4, -0.2) is 18.8 Å². The summed E-state index contributed by atoms with van der Waals surface area (Å²) in [7, 11) is 2.09. The van der Waals surface area contributed by atoms with Gasteiger partial charge in [0.1, 0.15) is 0 Å². The van der Waals surface area contributed by atoms with Crippen LogP contribution < -0.4 is 5.32 Å². The van der Waals surface area contributed by atoms with Crippen LogP contribution in [0.25, 0.3) is 0 Å². The summed E-state index contributed by atoms with van der Waals surface area (Å²) in [6, 6.07) is 7.42. The van der Waals surface area contributed by atoms with Gasteiger partial charge >= 0.3 is 0 Å². The Labute approximate surface area is 103 Å². The summed E-state index contributed by atoms with van der Waals surface area (Å²) in [5.41, 5.74) is 2.77. The zero-order valence-corrected chi connectivity index (χ0v) is 11.2. The Hall–Kier alpha value is -0.470. The Morgan fingerprint density at radius 3 is 2.75 bits per heavy atom. The first-order valence-corrected chi connectivity index (χ1v) is 7.06. The Bertz CT molecular complexity index is 358. The molecule has 0 aliphatic heterocycles. The van der Waals surface area contributed by atoms with Gasteiger partial charge in [-0.25, -0.2) is 0 Å². The zero-order chi connectivity index (χ0) is 11.5. The third-order valence-corrected chi connectivity index (χ3v) is 4.60. The highest BCUT2D eigenvalue weighted by molar-refractivity contribution is 7.99. The maximum Gasteiger partial charge on any atom is 0.0186 e. The highest BCUT2D eigenvalue weighted by atomic mass is 32.2. The summed E-state index contributed by atoms with van der Waals surface area (Å²) in [5, 5.41) is 3.45. The molecule has 1 nitrogen and oxygen atoms in total. The van der Waals surface area contributed by atoms with E-state index in [0.29, 0.717) is 6.04 Å². The lowest BCUT2D eigenvalue weighted by Crippen LogP contribution is -2.29. The van der Waals surface area contributed by atoms with Crippen molar-refractivity contribution in [3.05, 3.63) is 29.3 Å². The first-order chi connectivity index (χ1) is 7.70. The minimum atomic E-state index is 0.699. The third-order valence-electron chi connectivity index (χ3n) is 3.32. The molecule has 2 rings (SSSR count). The molecule has 0 heterocycles. The molecule has 16 heavy (non-hydrogen) atoms. The lowest BCUT2D eigenvalue weighted by Gasteiger charge is -2.15. The molecule has 1 aliphatic rings. The monoisotopic (exact) mass is 235 g/mol. The van der Waals surface area contributed by atoms with Crippen molar-refractivity contribution < 1.29 is 0 Å². The molecule has 1 aromatic carbocycles. The Kier molecular flexibility index (Phi) is 3.93. The number of rotatable bonds is 5. The maximum atomic E-state index is 3.45. The van der Waals surface area contributed by atoms with E-state index in [0.717, 1.165) is 5.92 Å². The second kappa shape index (κ2) is 5.24. The van der Waals surface area contributed by atoms with Crippen molar-refractivity contribution in [1.29, 1.82) is 0 Å². The van der Waals surface area contributed by atoms with Crippen LogP contribution in [0.5, 0.6) is 0 Å². The number of nitrogens with one attached hydrogen (secondary N) is 1. The van der Waals surface area contributed by atoms with Crippen molar-refractivity contribution in [2.24, 2.45) is 5.92 Å². The normalized spacial score (nSPS) is 17.4. The van der Waals surface area contributed by atoms with Crippen molar-refractivity contribution in [2.45, 2.75) is 37.6 Å². The Morgan fingerprint density at radius 2 is 2.12 bits per heavy atom. The van der Waals surface area contributed by atoms with E-state index in [4.69, 9.17) is 0 Å². The molecule has 1 N–H and O–H groups in total. The fraction of sp³-hybridized carbons (Fsp3) is 0.571. The molecular formula is C14H21NS. The fourth-order valence-electron chi connectivity index (χ4n) is 2.00. The second-order valence-electron chi connectivity index (χ2n) is 4.81. The van der Waals surface area contributed by atoms with Crippen molar-refractivity contribution >= 4 is 11.8 Å². The first kappa shape index (κ1) is 12.0.